The van der Waals surface area contributed by atoms with Crippen molar-refractivity contribution in [3.8, 4) is 0 Å². The van der Waals surface area contributed by atoms with Crippen molar-refractivity contribution < 1.29 is 9.53 Å². The second-order valence-electron chi connectivity index (χ2n) is 2.62. The number of nitrogens with two attached hydrogens (primary N) is 1. The van der Waals surface area contributed by atoms with Crippen LogP contribution in [0.15, 0.2) is 0 Å². The van der Waals surface area contributed by atoms with E-state index in [1.165, 1.54) is 0 Å². The first kappa shape index (κ1) is 13.3. The largest absolute Gasteiger partial charge is 0.463 e. The Kier molecular flexibility index (Phi) is 7.79. The van der Waals surface area contributed by atoms with Crippen LogP contribution >= 0.6 is 12.4 Å². The van der Waals surface area contributed by atoms with E-state index in [0.717, 1.165) is 0 Å². The Bertz CT molecular complexity index is 117. The predicted octanol–water partition coefficient (Wildman–Crippen LogP) is 0.955. The van der Waals surface area contributed by atoms with Gasteiger partial charge in [-0.3, -0.25) is 4.79 Å². The van der Waals surface area contributed by atoms with Crippen LogP contribution < -0.4 is 5.73 Å². The molecule has 0 aromatic carbocycles. The van der Waals surface area contributed by atoms with Crippen molar-refractivity contribution in [2.24, 2.45) is 11.7 Å². The molecule has 4 heteroatoms. The molecule has 3 nitrogen and oxygen atoms in total. The van der Waals surface area contributed by atoms with Crippen molar-refractivity contribution in [2.45, 2.75) is 26.9 Å². The minimum Gasteiger partial charge on any atom is -0.463 e. The highest BCUT2D eigenvalue weighted by Gasteiger charge is 2.12. The van der Waals surface area contributed by atoms with Crippen LogP contribution in [0.3, 0.4) is 0 Å². The van der Waals surface area contributed by atoms with Crippen LogP contribution in [0.5, 0.6) is 0 Å². The summed E-state index contributed by atoms with van der Waals surface area (Å²) in [6.07, 6.45) is -0.0403. The zero-order valence-electron chi connectivity index (χ0n) is 7.16. The molecule has 0 fully saturated rings. The van der Waals surface area contributed by atoms with E-state index in [9.17, 15) is 4.79 Å². The van der Waals surface area contributed by atoms with Gasteiger partial charge in [0.05, 0.1) is 12.0 Å². The van der Waals surface area contributed by atoms with Gasteiger partial charge in [0.15, 0.2) is 0 Å². The number of ether oxygens (including phenoxy) is 1. The third-order valence-corrected chi connectivity index (χ3v) is 1.11. The maximum absolute atomic E-state index is 10.9. The molecule has 0 heterocycles. The summed E-state index contributed by atoms with van der Waals surface area (Å²) in [4.78, 5) is 10.9. The number of hydrogen-bond donors (Lipinski definition) is 1. The smallest absolute Gasteiger partial charge is 0.310 e. The molecule has 1 atom stereocenters. The zero-order valence-corrected chi connectivity index (χ0v) is 7.98. The zero-order chi connectivity index (χ0) is 8.15. The second-order valence-corrected chi connectivity index (χ2v) is 2.62. The molecule has 0 unspecified atom stereocenters. The molecule has 0 saturated carbocycles. The van der Waals surface area contributed by atoms with Crippen LogP contribution in [-0.4, -0.2) is 18.6 Å². The van der Waals surface area contributed by atoms with E-state index >= 15 is 0 Å². The van der Waals surface area contributed by atoms with Crippen LogP contribution in [0.1, 0.15) is 20.8 Å². The van der Waals surface area contributed by atoms with Crippen molar-refractivity contribution >= 4 is 18.4 Å². The van der Waals surface area contributed by atoms with Gasteiger partial charge < -0.3 is 10.5 Å². The van der Waals surface area contributed by atoms with E-state index in [4.69, 9.17) is 10.5 Å². The summed E-state index contributed by atoms with van der Waals surface area (Å²) in [5, 5.41) is 0. The van der Waals surface area contributed by atoms with E-state index in [2.05, 4.69) is 0 Å². The van der Waals surface area contributed by atoms with Crippen molar-refractivity contribution in [1.29, 1.82) is 0 Å². The van der Waals surface area contributed by atoms with Crippen LogP contribution in [0.4, 0.5) is 0 Å². The summed E-state index contributed by atoms with van der Waals surface area (Å²) >= 11 is 0. The van der Waals surface area contributed by atoms with Gasteiger partial charge in [0.25, 0.3) is 0 Å². The van der Waals surface area contributed by atoms with Gasteiger partial charge in [-0.25, -0.2) is 0 Å². The summed E-state index contributed by atoms with van der Waals surface area (Å²) < 4.78 is 4.88. The Morgan fingerprint density at radius 2 is 1.91 bits per heavy atom. The molecule has 0 rings (SSSR count). The van der Waals surface area contributed by atoms with Crippen molar-refractivity contribution in [3.05, 3.63) is 0 Å². The lowest BCUT2D eigenvalue weighted by atomic mass is 10.2. The van der Waals surface area contributed by atoms with Gasteiger partial charge in [-0.2, -0.15) is 0 Å². The molecular weight excluding hydrogens is 166 g/mol. The van der Waals surface area contributed by atoms with E-state index < -0.39 is 0 Å². The quantitative estimate of drug-likeness (QED) is 0.660. The van der Waals surface area contributed by atoms with E-state index in [1.54, 1.807) is 6.92 Å². The molecule has 0 amide bonds. The molecule has 0 aliphatic rings. The molecule has 68 valence electrons. The number of halogens is 1. The number of rotatable bonds is 3. The molecule has 11 heavy (non-hydrogen) atoms. The maximum Gasteiger partial charge on any atom is 0.310 e. The molecule has 0 aromatic heterocycles. The first-order chi connectivity index (χ1) is 4.57. The lowest BCUT2D eigenvalue weighted by molar-refractivity contribution is -0.151. The SMILES string of the molecule is CC(C)OC(=O)[C@H](C)CN.Cl. The average Bonchev–Trinajstić information content (AvgIpc) is 1.85. The third-order valence-electron chi connectivity index (χ3n) is 1.11. The summed E-state index contributed by atoms with van der Waals surface area (Å²) in [6, 6.07) is 0. The van der Waals surface area contributed by atoms with Crippen LogP contribution in [0.25, 0.3) is 0 Å². The molecule has 0 spiro atoms. The first-order valence-corrected chi connectivity index (χ1v) is 3.48. The van der Waals surface area contributed by atoms with Crippen molar-refractivity contribution in [2.75, 3.05) is 6.54 Å². The number of carbonyl (C=O) groups is 1. The topological polar surface area (TPSA) is 52.3 Å². The Morgan fingerprint density at radius 1 is 1.45 bits per heavy atom. The lowest BCUT2D eigenvalue weighted by Crippen LogP contribution is -2.25. The summed E-state index contributed by atoms with van der Waals surface area (Å²) in [5.74, 6) is -0.389. The van der Waals surface area contributed by atoms with Crippen LogP contribution in [0.2, 0.25) is 0 Å². The normalized spacial score (nSPS) is 12.1. The highest BCUT2D eigenvalue weighted by Crippen LogP contribution is 1.98. The Morgan fingerprint density at radius 3 is 2.18 bits per heavy atom. The minimum absolute atomic E-state index is 0. The molecule has 0 radical (unpaired) electrons. The van der Waals surface area contributed by atoms with Gasteiger partial charge >= 0.3 is 5.97 Å². The van der Waals surface area contributed by atoms with Crippen molar-refractivity contribution in [3.63, 3.8) is 0 Å². The highest BCUT2D eigenvalue weighted by molar-refractivity contribution is 5.85. The molecule has 0 aliphatic heterocycles. The fourth-order valence-corrected chi connectivity index (χ4v) is 0.445. The van der Waals surface area contributed by atoms with E-state index in [1.807, 2.05) is 13.8 Å². The van der Waals surface area contributed by atoms with Gasteiger partial charge in [-0.05, 0) is 13.8 Å². The van der Waals surface area contributed by atoms with Crippen LogP contribution in [0, 0.1) is 5.92 Å². The van der Waals surface area contributed by atoms with E-state index in [0.29, 0.717) is 6.54 Å². The average molecular weight is 182 g/mol. The Hall–Kier alpha value is -0.280. The maximum atomic E-state index is 10.9. The minimum atomic E-state index is -0.211. The molecule has 0 saturated heterocycles. The Balaban J connectivity index is 0. The van der Waals surface area contributed by atoms with E-state index in [-0.39, 0.29) is 30.4 Å². The number of esters is 1. The van der Waals surface area contributed by atoms with Gasteiger partial charge in [0, 0.05) is 6.54 Å². The Labute approximate surface area is 73.7 Å². The molecule has 0 aromatic rings. The van der Waals surface area contributed by atoms with Crippen molar-refractivity contribution in [1.82, 2.24) is 0 Å². The number of hydrogen-bond acceptors (Lipinski definition) is 3. The summed E-state index contributed by atoms with van der Waals surface area (Å²) in [6.45, 7) is 5.75. The monoisotopic (exact) mass is 181 g/mol. The molecular formula is C7H16ClNO2. The first-order valence-electron chi connectivity index (χ1n) is 3.48. The van der Waals surface area contributed by atoms with Gasteiger partial charge in [0.1, 0.15) is 0 Å². The number of carbonyl (C=O) groups excluding carboxylic acids is 1. The molecule has 0 bridgehead atoms. The third kappa shape index (κ3) is 6.13. The summed E-state index contributed by atoms with van der Waals surface area (Å²) in [5.41, 5.74) is 5.25. The predicted molar refractivity (Wildman–Crippen MR) is 46.7 cm³/mol. The van der Waals surface area contributed by atoms with Gasteiger partial charge in [-0.15, -0.1) is 12.4 Å². The van der Waals surface area contributed by atoms with Crippen LogP contribution in [-0.2, 0) is 9.53 Å². The summed E-state index contributed by atoms with van der Waals surface area (Å²) in [7, 11) is 0. The highest BCUT2D eigenvalue weighted by atomic mass is 35.5. The molecule has 2 N–H and O–H groups in total. The van der Waals surface area contributed by atoms with Gasteiger partial charge in [-0.1, -0.05) is 6.92 Å². The molecule has 0 aliphatic carbocycles. The fourth-order valence-electron chi connectivity index (χ4n) is 0.445. The fraction of sp³-hybridized carbons (Fsp3) is 0.857. The van der Waals surface area contributed by atoms with Gasteiger partial charge in [0.2, 0.25) is 0 Å². The standard InChI is InChI=1S/C7H15NO2.ClH/c1-5(2)10-7(9)6(3)4-8;/h5-6H,4,8H2,1-3H3;1H/t6-;/m1./s1. The second kappa shape index (κ2) is 6.43. The lowest BCUT2D eigenvalue weighted by Gasteiger charge is -2.11.